The zero-order chi connectivity index (χ0) is 14.2. The third-order valence-corrected chi connectivity index (χ3v) is 2.25. The van der Waals surface area contributed by atoms with Crippen molar-refractivity contribution in [2.45, 2.75) is 58.6 Å². The lowest BCUT2D eigenvalue weighted by Crippen LogP contribution is -2.43. The van der Waals surface area contributed by atoms with Gasteiger partial charge in [-0.15, -0.1) is 0 Å². The van der Waals surface area contributed by atoms with E-state index in [-0.39, 0.29) is 18.7 Å². The molecule has 0 aromatic heterocycles. The van der Waals surface area contributed by atoms with Crippen LogP contribution in [0.2, 0.25) is 0 Å². The minimum absolute atomic E-state index is 0.0737. The number of carbonyl (C=O) groups is 1. The second-order valence-electron chi connectivity index (χ2n) is 5.69. The van der Waals surface area contributed by atoms with Crippen molar-refractivity contribution in [1.82, 2.24) is 4.90 Å². The summed E-state index contributed by atoms with van der Waals surface area (Å²) in [5.74, 6) is 0. The molecule has 0 saturated carbocycles. The summed E-state index contributed by atoms with van der Waals surface area (Å²) in [4.78, 5) is 13.6. The molecule has 0 aliphatic rings. The van der Waals surface area contributed by atoms with E-state index in [1.165, 1.54) is 0 Å². The topological polar surface area (TPSA) is 75.8 Å². The van der Waals surface area contributed by atoms with Crippen molar-refractivity contribution >= 4 is 6.09 Å². The van der Waals surface area contributed by atoms with Crippen LogP contribution in [0.5, 0.6) is 0 Å². The highest BCUT2D eigenvalue weighted by molar-refractivity contribution is 5.68. The van der Waals surface area contributed by atoms with Gasteiger partial charge in [-0.05, 0) is 47.0 Å². The molecule has 0 rings (SSSR count). The smallest absolute Gasteiger partial charge is 0.410 e. The lowest BCUT2D eigenvalue weighted by atomic mass is 10.2. The lowest BCUT2D eigenvalue weighted by Gasteiger charge is -2.28. The highest BCUT2D eigenvalue weighted by Crippen LogP contribution is 2.11. The molecular weight excluding hydrogens is 232 g/mol. The van der Waals surface area contributed by atoms with Crippen LogP contribution >= 0.6 is 0 Å². The Hall–Kier alpha value is -0.810. The number of carbonyl (C=O) groups excluding carboxylic acids is 1. The third-order valence-electron chi connectivity index (χ3n) is 2.25. The molecule has 0 bridgehead atoms. The highest BCUT2D eigenvalue weighted by Gasteiger charge is 2.22. The van der Waals surface area contributed by atoms with Crippen molar-refractivity contribution in [3.8, 4) is 0 Å². The number of aliphatic hydroxyl groups excluding tert-OH is 1. The van der Waals surface area contributed by atoms with Crippen molar-refractivity contribution in [2.75, 3.05) is 19.7 Å². The van der Waals surface area contributed by atoms with Crippen LogP contribution in [-0.4, -0.2) is 47.4 Å². The fourth-order valence-corrected chi connectivity index (χ4v) is 1.52. The van der Waals surface area contributed by atoms with Gasteiger partial charge in [0.2, 0.25) is 0 Å². The largest absolute Gasteiger partial charge is 0.444 e. The number of aliphatic hydroxyl groups is 1. The Morgan fingerprint density at radius 3 is 2.39 bits per heavy atom. The lowest BCUT2D eigenvalue weighted by molar-refractivity contribution is 0.0238. The monoisotopic (exact) mass is 260 g/mol. The maximum atomic E-state index is 12.0. The molecule has 0 aliphatic heterocycles. The molecule has 0 aromatic rings. The molecule has 0 saturated heterocycles. The minimum Gasteiger partial charge on any atom is -0.444 e. The molecule has 0 fully saturated rings. The Kier molecular flexibility index (Phi) is 7.95. The van der Waals surface area contributed by atoms with Gasteiger partial charge in [-0.25, -0.2) is 4.79 Å². The number of unbranched alkanes of at least 4 members (excludes halogenated alkanes) is 2. The SMILES string of the molecule is C[C@H](N)CN(CCCCCO)C(=O)OC(C)(C)C. The van der Waals surface area contributed by atoms with E-state index < -0.39 is 5.60 Å². The van der Waals surface area contributed by atoms with Crippen LogP contribution in [0.4, 0.5) is 4.79 Å². The first-order valence-electron chi connectivity index (χ1n) is 6.60. The summed E-state index contributed by atoms with van der Waals surface area (Å²) >= 11 is 0. The van der Waals surface area contributed by atoms with E-state index in [1.54, 1.807) is 4.90 Å². The molecule has 5 nitrogen and oxygen atoms in total. The van der Waals surface area contributed by atoms with Gasteiger partial charge in [0.05, 0.1) is 0 Å². The summed E-state index contributed by atoms with van der Waals surface area (Å²) in [6.45, 7) is 8.72. The van der Waals surface area contributed by atoms with Crippen LogP contribution in [0.15, 0.2) is 0 Å². The predicted molar refractivity (Wildman–Crippen MR) is 72.4 cm³/mol. The first-order valence-corrected chi connectivity index (χ1v) is 6.60. The van der Waals surface area contributed by atoms with E-state index in [0.29, 0.717) is 13.1 Å². The van der Waals surface area contributed by atoms with Gasteiger partial charge in [0, 0.05) is 25.7 Å². The molecule has 1 amide bonds. The molecular formula is C13H28N2O3. The van der Waals surface area contributed by atoms with E-state index in [0.717, 1.165) is 19.3 Å². The summed E-state index contributed by atoms with van der Waals surface area (Å²) in [6, 6.07) is -0.0737. The van der Waals surface area contributed by atoms with Gasteiger partial charge in [-0.2, -0.15) is 0 Å². The molecule has 0 heterocycles. The zero-order valence-electron chi connectivity index (χ0n) is 12.1. The van der Waals surface area contributed by atoms with Gasteiger partial charge in [0.15, 0.2) is 0 Å². The molecule has 0 unspecified atom stereocenters. The molecule has 0 spiro atoms. The van der Waals surface area contributed by atoms with Crippen LogP contribution in [0, 0.1) is 0 Å². The van der Waals surface area contributed by atoms with Crippen molar-refractivity contribution < 1.29 is 14.6 Å². The van der Waals surface area contributed by atoms with Gasteiger partial charge < -0.3 is 20.5 Å². The number of ether oxygens (including phenoxy) is 1. The summed E-state index contributed by atoms with van der Waals surface area (Å²) < 4.78 is 5.34. The van der Waals surface area contributed by atoms with Gasteiger partial charge in [0.25, 0.3) is 0 Å². The van der Waals surface area contributed by atoms with E-state index in [9.17, 15) is 4.79 Å². The first-order chi connectivity index (χ1) is 8.26. The third kappa shape index (κ3) is 9.24. The molecule has 0 aliphatic carbocycles. The number of amides is 1. The fraction of sp³-hybridized carbons (Fsp3) is 0.923. The van der Waals surface area contributed by atoms with Crippen LogP contribution in [0.1, 0.15) is 47.0 Å². The average molecular weight is 260 g/mol. The standard InChI is InChI=1S/C13H28N2O3/c1-11(14)10-15(8-6-5-7-9-16)12(17)18-13(2,3)4/h11,16H,5-10,14H2,1-4H3/t11-/m0/s1. The minimum atomic E-state index is -0.488. The molecule has 18 heavy (non-hydrogen) atoms. The van der Waals surface area contributed by atoms with Gasteiger partial charge >= 0.3 is 6.09 Å². The normalized spacial score (nSPS) is 13.2. The highest BCUT2D eigenvalue weighted by atomic mass is 16.6. The molecule has 0 aromatic carbocycles. The van der Waals surface area contributed by atoms with Gasteiger partial charge in [-0.1, -0.05) is 0 Å². The number of nitrogens with zero attached hydrogens (tertiary/aromatic N) is 1. The van der Waals surface area contributed by atoms with Crippen LogP contribution in [0.25, 0.3) is 0 Å². The van der Waals surface area contributed by atoms with Crippen molar-refractivity contribution in [3.63, 3.8) is 0 Å². The Bertz CT molecular complexity index is 237. The first kappa shape index (κ1) is 17.2. The van der Waals surface area contributed by atoms with Gasteiger partial charge in [0.1, 0.15) is 5.60 Å². The summed E-state index contributed by atoms with van der Waals surface area (Å²) in [5.41, 5.74) is 5.25. The summed E-state index contributed by atoms with van der Waals surface area (Å²) in [6.07, 6.45) is 2.20. The Labute approximate surface area is 110 Å². The van der Waals surface area contributed by atoms with E-state index in [4.69, 9.17) is 15.6 Å². The summed E-state index contributed by atoms with van der Waals surface area (Å²) in [5, 5.41) is 8.71. The quantitative estimate of drug-likeness (QED) is 0.684. The fourth-order valence-electron chi connectivity index (χ4n) is 1.52. The van der Waals surface area contributed by atoms with E-state index in [1.807, 2.05) is 27.7 Å². The number of hydrogen-bond acceptors (Lipinski definition) is 4. The second-order valence-corrected chi connectivity index (χ2v) is 5.69. The molecule has 108 valence electrons. The van der Waals surface area contributed by atoms with Crippen LogP contribution in [-0.2, 0) is 4.74 Å². The molecule has 0 radical (unpaired) electrons. The molecule has 5 heteroatoms. The number of hydrogen-bond donors (Lipinski definition) is 2. The molecule has 1 atom stereocenters. The average Bonchev–Trinajstić information content (AvgIpc) is 2.19. The maximum absolute atomic E-state index is 12.0. The second kappa shape index (κ2) is 8.32. The Morgan fingerprint density at radius 1 is 1.33 bits per heavy atom. The van der Waals surface area contributed by atoms with Crippen molar-refractivity contribution in [1.29, 1.82) is 0 Å². The van der Waals surface area contributed by atoms with Gasteiger partial charge in [-0.3, -0.25) is 0 Å². The van der Waals surface area contributed by atoms with Crippen molar-refractivity contribution in [3.05, 3.63) is 0 Å². The Morgan fingerprint density at radius 2 is 1.94 bits per heavy atom. The van der Waals surface area contributed by atoms with Crippen molar-refractivity contribution in [2.24, 2.45) is 5.73 Å². The van der Waals surface area contributed by atoms with E-state index in [2.05, 4.69) is 0 Å². The van der Waals surface area contributed by atoms with E-state index >= 15 is 0 Å². The van der Waals surface area contributed by atoms with Crippen LogP contribution in [0.3, 0.4) is 0 Å². The number of nitrogens with two attached hydrogens (primary N) is 1. The predicted octanol–water partition coefficient (Wildman–Crippen LogP) is 1.73. The zero-order valence-corrected chi connectivity index (χ0v) is 12.1. The summed E-state index contributed by atoms with van der Waals surface area (Å²) in [7, 11) is 0. The van der Waals surface area contributed by atoms with Crippen LogP contribution < -0.4 is 5.73 Å². The Balaban J connectivity index is 4.24. The molecule has 3 N–H and O–H groups in total. The number of rotatable bonds is 7. The maximum Gasteiger partial charge on any atom is 0.410 e.